The first-order valence-electron chi connectivity index (χ1n) is 3.69. The summed E-state index contributed by atoms with van der Waals surface area (Å²) in [4.78, 5) is 0. The molecule has 2 heteroatoms. The van der Waals surface area contributed by atoms with Crippen LogP contribution in [-0.4, -0.2) is 0 Å². The molecule has 0 aromatic heterocycles. The van der Waals surface area contributed by atoms with Gasteiger partial charge in [0.25, 0.3) is 0 Å². The first-order valence-corrected chi connectivity index (χ1v) is 3.69. The van der Waals surface area contributed by atoms with Crippen molar-refractivity contribution in [3.8, 4) is 0 Å². The third-order valence-electron chi connectivity index (χ3n) is 0.846. The summed E-state index contributed by atoms with van der Waals surface area (Å²) < 4.78 is 0. The summed E-state index contributed by atoms with van der Waals surface area (Å²) in [7, 11) is 0. The van der Waals surface area contributed by atoms with Crippen molar-refractivity contribution in [2.45, 2.75) is 47.0 Å². The second kappa shape index (κ2) is 32.4. The Balaban J connectivity index is -0.0000000412. The first kappa shape index (κ1) is 22.5. The normalized spacial score (nSPS) is 6.00. The summed E-state index contributed by atoms with van der Waals surface area (Å²) in [5, 5.41) is 0. The van der Waals surface area contributed by atoms with Crippen molar-refractivity contribution in [1.82, 2.24) is 0 Å². The molecule has 1 unspecified atom stereocenters. The summed E-state index contributed by atoms with van der Waals surface area (Å²) in [6.45, 7) is 8.32. The minimum Gasteiger partial charge on any atom is -0.332 e. The molecule has 1 radical (unpaired) electrons. The first-order chi connectivity index (χ1) is 3.91. The zero-order valence-corrected chi connectivity index (χ0v) is 10.7. The molecule has 0 saturated carbocycles. The zero-order chi connectivity index (χ0) is 6.83. The van der Waals surface area contributed by atoms with Crippen LogP contribution in [-0.2, 0) is 18.6 Å². The molecule has 0 aromatic rings. The van der Waals surface area contributed by atoms with Crippen LogP contribution in [0.4, 0.5) is 0 Å². The molecule has 0 nitrogen and oxygen atoms in total. The molecule has 0 aliphatic rings. The van der Waals surface area contributed by atoms with Gasteiger partial charge in [0.15, 0.2) is 0 Å². The van der Waals surface area contributed by atoms with Crippen molar-refractivity contribution in [3.05, 3.63) is 6.42 Å². The summed E-state index contributed by atoms with van der Waals surface area (Å²) in [6.07, 6.45) is 6.18. The van der Waals surface area contributed by atoms with Crippen LogP contribution in [0.2, 0.25) is 0 Å². The van der Waals surface area contributed by atoms with Crippen LogP contribution in [0, 0.1) is 6.42 Å². The molecule has 0 spiro atoms. The Morgan fingerprint density at radius 2 is 1.60 bits per heavy atom. The van der Waals surface area contributed by atoms with Gasteiger partial charge in [-0.1, -0.05) is 33.6 Å². The van der Waals surface area contributed by atoms with Crippen molar-refractivity contribution >= 4 is 9.90 Å². The zero-order valence-electron chi connectivity index (χ0n) is 7.85. The monoisotopic (exact) mass is 200 g/mol. The van der Waals surface area contributed by atoms with Crippen molar-refractivity contribution in [1.29, 1.82) is 0 Å². The fourth-order valence-electron chi connectivity index (χ4n) is 0.408. The van der Waals surface area contributed by atoms with Crippen molar-refractivity contribution in [2.24, 2.45) is 0 Å². The molecular weight excluding hydrogens is 178 g/mol. The van der Waals surface area contributed by atoms with Gasteiger partial charge in [0.05, 0.1) is 0 Å². The van der Waals surface area contributed by atoms with E-state index in [2.05, 4.69) is 20.3 Å². The number of hydrogen-bond acceptors (Lipinski definition) is 0. The predicted molar refractivity (Wildman–Crippen MR) is 52.0 cm³/mol. The fourth-order valence-corrected chi connectivity index (χ4v) is 0.408. The second-order valence-electron chi connectivity index (χ2n) is 1.55. The van der Waals surface area contributed by atoms with E-state index in [1.165, 1.54) is 19.3 Å². The second-order valence-corrected chi connectivity index (χ2v) is 1.55. The standard InChI is InChI=1S/C6H13.C2H6.H3P.V/c1-3-5-6-4-2;1-2;;/h3H,4-6H2,1-2H3;1-2H3;1H3;/q-1;;;. The summed E-state index contributed by atoms with van der Waals surface area (Å²) >= 11 is 0. The average Bonchev–Trinajstić information content (AvgIpc) is 1.88. The molecule has 0 amide bonds. The maximum absolute atomic E-state index is 2.21. The van der Waals surface area contributed by atoms with E-state index >= 15 is 0 Å². The third-order valence-corrected chi connectivity index (χ3v) is 0.846. The molecule has 0 aliphatic heterocycles. The molecule has 0 bridgehead atoms. The Labute approximate surface area is 82.1 Å². The van der Waals surface area contributed by atoms with Gasteiger partial charge >= 0.3 is 0 Å². The topological polar surface area (TPSA) is 0 Å². The number of unbranched alkanes of at least 4 members (excludes halogenated alkanes) is 3. The molecule has 0 aliphatic carbocycles. The molecule has 0 rings (SSSR count). The summed E-state index contributed by atoms with van der Waals surface area (Å²) in [5.74, 6) is 0. The molecule has 0 saturated heterocycles. The summed E-state index contributed by atoms with van der Waals surface area (Å²) in [6, 6.07) is 0. The molecule has 0 heterocycles. The van der Waals surface area contributed by atoms with Gasteiger partial charge in [-0.2, -0.15) is 23.2 Å². The van der Waals surface area contributed by atoms with Crippen molar-refractivity contribution < 1.29 is 18.6 Å². The van der Waals surface area contributed by atoms with E-state index in [0.29, 0.717) is 0 Å². The van der Waals surface area contributed by atoms with Crippen LogP contribution in [0.25, 0.3) is 0 Å². The Hall–Kier alpha value is 1.01. The van der Waals surface area contributed by atoms with Gasteiger partial charge in [-0.15, -0.1) is 0 Å². The van der Waals surface area contributed by atoms with Crippen LogP contribution < -0.4 is 0 Å². The van der Waals surface area contributed by atoms with E-state index in [1.807, 2.05) is 13.8 Å². The Bertz CT molecular complexity index is 21.2. The quantitative estimate of drug-likeness (QED) is 0.371. The summed E-state index contributed by atoms with van der Waals surface area (Å²) in [5.41, 5.74) is 0. The van der Waals surface area contributed by atoms with Gasteiger partial charge in [0, 0.05) is 18.6 Å². The largest absolute Gasteiger partial charge is 0.332 e. The minimum atomic E-state index is 0. The Kier molecular flexibility index (Phi) is 72.7. The SMILES string of the molecule is CC.C[CH-]CCCC.P.[V]. The van der Waals surface area contributed by atoms with Gasteiger partial charge in [-0.25, -0.2) is 0 Å². The minimum absolute atomic E-state index is 0. The Morgan fingerprint density at radius 3 is 1.70 bits per heavy atom. The van der Waals surface area contributed by atoms with E-state index in [1.54, 1.807) is 0 Å². The van der Waals surface area contributed by atoms with Crippen LogP contribution in [0.5, 0.6) is 0 Å². The van der Waals surface area contributed by atoms with Crippen molar-refractivity contribution in [2.75, 3.05) is 0 Å². The van der Waals surface area contributed by atoms with Crippen LogP contribution in [0.15, 0.2) is 0 Å². The fraction of sp³-hybridized carbons (Fsp3) is 0.875. The van der Waals surface area contributed by atoms with Crippen LogP contribution >= 0.6 is 9.90 Å². The van der Waals surface area contributed by atoms with Gasteiger partial charge in [0.1, 0.15) is 0 Å². The van der Waals surface area contributed by atoms with E-state index in [4.69, 9.17) is 0 Å². The van der Waals surface area contributed by atoms with E-state index < -0.39 is 0 Å². The molecule has 10 heavy (non-hydrogen) atoms. The van der Waals surface area contributed by atoms with Crippen LogP contribution in [0.3, 0.4) is 0 Å². The van der Waals surface area contributed by atoms with Gasteiger partial charge in [0.2, 0.25) is 0 Å². The van der Waals surface area contributed by atoms with Crippen LogP contribution in [0.1, 0.15) is 47.0 Å². The van der Waals surface area contributed by atoms with Gasteiger partial charge in [-0.3, -0.25) is 0 Å². The predicted octanol–water partition coefficient (Wildman–Crippen LogP) is 3.48. The molecule has 65 valence electrons. The smallest absolute Gasteiger partial charge is 0 e. The molecule has 1 atom stereocenters. The molecular formula is C8H22PV-. The Morgan fingerprint density at radius 1 is 1.20 bits per heavy atom. The average molecular weight is 200 g/mol. The number of rotatable bonds is 3. The molecule has 0 N–H and O–H groups in total. The van der Waals surface area contributed by atoms with E-state index in [0.717, 1.165) is 0 Å². The molecule has 0 aromatic carbocycles. The van der Waals surface area contributed by atoms with E-state index in [9.17, 15) is 0 Å². The maximum atomic E-state index is 2.21. The van der Waals surface area contributed by atoms with Gasteiger partial charge < -0.3 is 6.42 Å². The van der Waals surface area contributed by atoms with Gasteiger partial charge in [-0.05, 0) is 0 Å². The number of hydrogen-bond donors (Lipinski definition) is 0. The maximum Gasteiger partial charge on any atom is 0 e. The molecule has 0 fully saturated rings. The third kappa shape index (κ3) is 35.9. The van der Waals surface area contributed by atoms with Crippen molar-refractivity contribution in [3.63, 3.8) is 0 Å². The van der Waals surface area contributed by atoms with E-state index in [-0.39, 0.29) is 28.5 Å².